The number of benzene rings is 1. The van der Waals surface area contributed by atoms with Gasteiger partial charge in [-0.15, -0.1) is 0 Å². The van der Waals surface area contributed by atoms with Gasteiger partial charge in [-0.1, -0.05) is 44.2 Å². The molecule has 1 aliphatic heterocycles. The Bertz CT molecular complexity index is 646. The quantitative estimate of drug-likeness (QED) is 0.869. The van der Waals surface area contributed by atoms with Crippen LogP contribution in [-0.2, 0) is 6.54 Å². The molecule has 0 amide bonds. The molecule has 110 valence electrons. The van der Waals surface area contributed by atoms with E-state index in [1.807, 2.05) is 0 Å². The van der Waals surface area contributed by atoms with E-state index in [1.54, 1.807) is 0 Å². The molecule has 0 saturated carbocycles. The van der Waals surface area contributed by atoms with Crippen LogP contribution < -0.4 is 10.2 Å². The molecule has 1 aromatic heterocycles. The number of fused-ring (bicyclic) bond motifs is 1. The fourth-order valence-corrected chi connectivity index (χ4v) is 2.70. The number of nitrogens with zero attached hydrogens (tertiary/aromatic N) is 2. The third-order valence-electron chi connectivity index (χ3n) is 3.87. The van der Waals surface area contributed by atoms with Crippen LogP contribution in [0.25, 0.3) is 10.9 Å². The zero-order valence-electron chi connectivity index (χ0n) is 12.8. The highest BCUT2D eigenvalue weighted by Crippen LogP contribution is 2.24. The molecule has 0 spiro atoms. The topological polar surface area (TPSA) is 28.2 Å². The molecule has 3 nitrogen and oxygen atoms in total. The van der Waals surface area contributed by atoms with Gasteiger partial charge in [-0.25, -0.2) is 4.98 Å². The lowest BCUT2D eigenvalue weighted by atomic mass is 10.1. The molecule has 3 heteroatoms. The van der Waals surface area contributed by atoms with Crippen molar-refractivity contribution < 1.29 is 0 Å². The Balaban J connectivity index is 1.99. The van der Waals surface area contributed by atoms with E-state index in [-0.39, 0.29) is 0 Å². The normalized spacial score (nSPS) is 15.1. The van der Waals surface area contributed by atoms with Crippen LogP contribution in [0.4, 0.5) is 5.82 Å². The van der Waals surface area contributed by atoms with Crippen molar-refractivity contribution in [2.75, 3.05) is 18.0 Å². The number of pyridine rings is 1. The maximum Gasteiger partial charge on any atom is 0.129 e. The van der Waals surface area contributed by atoms with Crippen molar-refractivity contribution in [2.45, 2.75) is 32.9 Å². The van der Waals surface area contributed by atoms with Gasteiger partial charge in [0.2, 0.25) is 0 Å². The molecule has 21 heavy (non-hydrogen) atoms. The second-order valence-electron chi connectivity index (χ2n) is 5.90. The van der Waals surface area contributed by atoms with Crippen LogP contribution in [-0.4, -0.2) is 24.1 Å². The van der Waals surface area contributed by atoms with Crippen molar-refractivity contribution in [3.63, 3.8) is 0 Å². The Morgan fingerprint density at radius 3 is 2.86 bits per heavy atom. The molecule has 0 unspecified atom stereocenters. The predicted octanol–water partition coefficient (Wildman–Crippen LogP) is 3.50. The van der Waals surface area contributed by atoms with E-state index in [0.29, 0.717) is 6.04 Å². The summed E-state index contributed by atoms with van der Waals surface area (Å²) in [6, 6.07) is 11.2. The summed E-state index contributed by atoms with van der Waals surface area (Å²) in [6.07, 6.45) is 5.58. The predicted molar refractivity (Wildman–Crippen MR) is 89.7 cm³/mol. The Kier molecular flexibility index (Phi) is 4.20. The van der Waals surface area contributed by atoms with Gasteiger partial charge in [0.05, 0.1) is 5.52 Å². The maximum atomic E-state index is 4.85. The zero-order valence-corrected chi connectivity index (χ0v) is 12.8. The van der Waals surface area contributed by atoms with Crippen LogP contribution in [0.1, 0.15) is 25.8 Å². The molecule has 3 rings (SSSR count). The molecular formula is C18H23N3. The van der Waals surface area contributed by atoms with Crippen molar-refractivity contribution in [3.8, 4) is 0 Å². The van der Waals surface area contributed by atoms with Crippen molar-refractivity contribution in [2.24, 2.45) is 0 Å². The van der Waals surface area contributed by atoms with Crippen LogP contribution in [0, 0.1) is 0 Å². The number of aromatic nitrogens is 1. The summed E-state index contributed by atoms with van der Waals surface area (Å²) in [5.74, 6) is 1.10. The van der Waals surface area contributed by atoms with Gasteiger partial charge in [0, 0.05) is 31.1 Å². The molecule has 2 aromatic rings. The van der Waals surface area contributed by atoms with Crippen molar-refractivity contribution in [1.29, 1.82) is 0 Å². The minimum Gasteiger partial charge on any atom is -0.353 e. The molecule has 1 aromatic carbocycles. The zero-order chi connectivity index (χ0) is 14.7. The Morgan fingerprint density at radius 1 is 1.24 bits per heavy atom. The molecule has 0 bridgehead atoms. The Morgan fingerprint density at radius 2 is 2.10 bits per heavy atom. The van der Waals surface area contributed by atoms with E-state index in [0.717, 1.165) is 37.4 Å². The molecule has 0 radical (unpaired) electrons. The van der Waals surface area contributed by atoms with Crippen LogP contribution in [0.5, 0.6) is 0 Å². The van der Waals surface area contributed by atoms with E-state index >= 15 is 0 Å². The Hall–Kier alpha value is -1.87. The third-order valence-corrected chi connectivity index (χ3v) is 3.87. The van der Waals surface area contributed by atoms with E-state index < -0.39 is 0 Å². The van der Waals surface area contributed by atoms with Gasteiger partial charge in [-0.2, -0.15) is 0 Å². The largest absolute Gasteiger partial charge is 0.353 e. The molecule has 0 atom stereocenters. The smallest absolute Gasteiger partial charge is 0.129 e. The number of anilines is 1. The highest BCUT2D eigenvalue weighted by Gasteiger charge is 2.12. The average molecular weight is 281 g/mol. The second kappa shape index (κ2) is 6.27. The van der Waals surface area contributed by atoms with Crippen molar-refractivity contribution in [3.05, 3.63) is 48.0 Å². The number of hydrogen-bond donors (Lipinski definition) is 1. The summed E-state index contributed by atoms with van der Waals surface area (Å²) >= 11 is 0. The lowest BCUT2D eigenvalue weighted by molar-refractivity contribution is 0.590. The first kappa shape index (κ1) is 14.1. The van der Waals surface area contributed by atoms with Gasteiger partial charge < -0.3 is 10.2 Å². The van der Waals surface area contributed by atoms with E-state index in [2.05, 4.69) is 66.5 Å². The highest BCUT2D eigenvalue weighted by atomic mass is 15.2. The van der Waals surface area contributed by atoms with Gasteiger partial charge in [0.1, 0.15) is 5.82 Å². The molecule has 1 N–H and O–H groups in total. The number of nitrogens with one attached hydrogen (secondary N) is 1. The summed E-state index contributed by atoms with van der Waals surface area (Å²) < 4.78 is 0. The maximum absolute atomic E-state index is 4.85. The van der Waals surface area contributed by atoms with Gasteiger partial charge >= 0.3 is 0 Å². The number of hydrogen-bond acceptors (Lipinski definition) is 3. The standard InChI is InChI=1S/C18H23N3/c1-14(2)19-13-15-12-18(21-10-6-3-7-11-21)20-17-9-5-4-8-16(15)17/h3-6,8-9,12,14,19H,7,10-11,13H2,1-2H3. The number of para-hydroxylation sites is 1. The van der Waals surface area contributed by atoms with Gasteiger partial charge in [-0.3, -0.25) is 0 Å². The van der Waals surface area contributed by atoms with Crippen molar-refractivity contribution >= 4 is 16.7 Å². The number of rotatable bonds is 4. The highest BCUT2D eigenvalue weighted by molar-refractivity contribution is 5.84. The average Bonchev–Trinajstić information content (AvgIpc) is 2.53. The fourth-order valence-electron chi connectivity index (χ4n) is 2.70. The summed E-state index contributed by atoms with van der Waals surface area (Å²) in [6.45, 7) is 7.26. The van der Waals surface area contributed by atoms with Gasteiger partial charge in [-0.05, 0) is 24.1 Å². The summed E-state index contributed by atoms with van der Waals surface area (Å²) in [5, 5.41) is 4.78. The van der Waals surface area contributed by atoms with Gasteiger partial charge in [0.25, 0.3) is 0 Å². The first-order valence-corrected chi connectivity index (χ1v) is 7.76. The van der Waals surface area contributed by atoms with Crippen LogP contribution in [0.15, 0.2) is 42.5 Å². The minimum absolute atomic E-state index is 0.485. The summed E-state index contributed by atoms with van der Waals surface area (Å²) in [7, 11) is 0. The van der Waals surface area contributed by atoms with Crippen molar-refractivity contribution in [1.82, 2.24) is 10.3 Å². The second-order valence-corrected chi connectivity index (χ2v) is 5.90. The lowest BCUT2D eigenvalue weighted by Gasteiger charge is -2.25. The molecular weight excluding hydrogens is 258 g/mol. The Labute approximate surface area is 126 Å². The van der Waals surface area contributed by atoms with E-state index in [1.165, 1.54) is 10.9 Å². The van der Waals surface area contributed by atoms with Crippen LogP contribution >= 0.6 is 0 Å². The SMILES string of the molecule is CC(C)NCc1cc(N2CC=CCC2)nc2ccccc12. The van der Waals surface area contributed by atoms with Crippen LogP contribution in [0.2, 0.25) is 0 Å². The monoisotopic (exact) mass is 281 g/mol. The molecule has 2 heterocycles. The first-order valence-electron chi connectivity index (χ1n) is 7.76. The van der Waals surface area contributed by atoms with Gasteiger partial charge in [0.15, 0.2) is 0 Å². The van der Waals surface area contributed by atoms with E-state index in [9.17, 15) is 0 Å². The van der Waals surface area contributed by atoms with Crippen LogP contribution in [0.3, 0.4) is 0 Å². The molecule has 0 aliphatic carbocycles. The summed E-state index contributed by atoms with van der Waals surface area (Å²) in [4.78, 5) is 7.20. The molecule has 0 saturated heterocycles. The lowest BCUT2D eigenvalue weighted by Crippen LogP contribution is -2.28. The molecule has 0 fully saturated rings. The molecule has 1 aliphatic rings. The van der Waals surface area contributed by atoms with E-state index in [4.69, 9.17) is 4.98 Å². The fraction of sp³-hybridized carbons (Fsp3) is 0.389. The third kappa shape index (κ3) is 3.24. The first-order chi connectivity index (χ1) is 10.2. The summed E-state index contributed by atoms with van der Waals surface area (Å²) in [5.41, 5.74) is 2.42. The minimum atomic E-state index is 0.485.